The molecule has 8 heteroatoms. The van der Waals surface area contributed by atoms with Crippen molar-refractivity contribution in [2.24, 2.45) is 0 Å². The van der Waals surface area contributed by atoms with Crippen LogP contribution in [0.15, 0.2) is 39.0 Å². The Morgan fingerprint density at radius 2 is 2.10 bits per heavy atom. The van der Waals surface area contributed by atoms with Gasteiger partial charge in [-0.3, -0.25) is 0 Å². The summed E-state index contributed by atoms with van der Waals surface area (Å²) in [6, 6.07) is 5.08. The highest BCUT2D eigenvalue weighted by atomic mass is 79.9. The Morgan fingerprint density at radius 3 is 2.70 bits per heavy atom. The van der Waals surface area contributed by atoms with Crippen LogP contribution >= 0.6 is 27.3 Å². The van der Waals surface area contributed by atoms with Crippen LogP contribution in [0.25, 0.3) is 0 Å². The van der Waals surface area contributed by atoms with Gasteiger partial charge in [0.25, 0.3) is 0 Å². The highest BCUT2D eigenvalue weighted by Gasteiger charge is 2.19. The van der Waals surface area contributed by atoms with Crippen LogP contribution in [0.4, 0.5) is 4.39 Å². The first kappa shape index (κ1) is 15.6. The van der Waals surface area contributed by atoms with Crippen LogP contribution in [-0.4, -0.2) is 13.5 Å². The van der Waals surface area contributed by atoms with E-state index in [9.17, 15) is 12.8 Å². The van der Waals surface area contributed by atoms with Crippen molar-refractivity contribution in [2.45, 2.75) is 18.0 Å². The van der Waals surface area contributed by atoms with E-state index in [1.54, 1.807) is 0 Å². The molecule has 0 atom stereocenters. The van der Waals surface area contributed by atoms with Crippen LogP contribution in [0.5, 0.6) is 0 Å². The predicted octanol–water partition coefficient (Wildman–Crippen LogP) is 2.62. The van der Waals surface area contributed by atoms with Crippen molar-refractivity contribution in [1.29, 1.82) is 0 Å². The monoisotopic (exact) mass is 379 g/mol. The SMILES string of the molecule is O=S(=O)(NCc1sccc1Br)c1cc(F)ccc1CO. The van der Waals surface area contributed by atoms with Crippen LogP contribution in [0.3, 0.4) is 0 Å². The molecular weight excluding hydrogens is 369 g/mol. The fraction of sp³-hybridized carbons (Fsp3) is 0.167. The maximum atomic E-state index is 13.2. The first-order chi connectivity index (χ1) is 9.44. The molecule has 0 fully saturated rings. The summed E-state index contributed by atoms with van der Waals surface area (Å²) < 4.78 is 40.8. The molecule has 1 aromatic carbocycles. The van der Waals surface area contributed by atoms with Crippen LogP contribution in [0.2, 0.25) is 0 Å². The molecule has 108 valence electrons. The molecule has 0 amide bonds. The second-order valence-corrected chi connectivity index (χ2v) is 7.52. The van der Waals surface area contributed by atoms with E-state index in [1.165, 1.54) is 17.4 Å². The van der Waals surface area contributed by atoms with Gasteiger partial charge in [0.15, 0.2) is 0 Å². The molecule has 0 saturated carbocycles. The number of rotatable bonds is 5. The predicted molar refractivity (Wildman–Crippen MR) is 78.4 cm³/mol. The van der Waals surface area contributed by atoms with Gasteiger partial charge in [-0.15, -0.1) is 11.3 Å². The average Bonchev–Trinajstić information content (AvgIpc) is 2.82. The van der Waals surface area contributed by atoms with Gasteiger partial charge >= 0.3 is 0 Å². The highest BCUT2D eigenvalue weighted by Crippen LogP contribution is 2.23. The van der Waals surface area contributed by atoms with E-state index >= 15 is 0 Å². The van der Waals surface area contributed by atoms with Crippen molar-refractivity contribution >= 4 is 37.3 Å². The third-order valence-corrected chi connectivity index (χ3v) is 6.01. The molecule has 2 aromatic rings. The van der Waals surface area contributed by atoms with Gasteiger partial charge in [-0.05, 0) is 45.1 Å². The largest absolute Gasteiger partial charge is 0.392 e. The summed E-state index contributed by atoms with van der Waals surface area (Å²) in [7, 11) is -3.88. The maximum Gasteiger partial charge on any atom is 0.241 e. The second-order valence-electron chi connectivity index (χ2n) is 3.93. The zero-order valence-electron chi connectivity index (χ0n) is 10.1. The lowest BCUT2D eigenvalue weighted by Gasteiger charge is -2.10. The minimum absolute atomic E-state index is 0.0992. The first-order valence-corrected chi connectivity index (χ1v) is 8.70. The topological polar surface area (TPSA) is 66.4 Å². The van der Waals surface area contributed by atoms with Gasteiger partial charge in [-0.2, -0.15) is 0 Å². The lowest BCUT2D eigenvalue weighted by atomic mass is 10.2. The quantitative estimate of drug-likeness (QED) is 0.838. The molecule has 0 aliphatic rings. The molecule has 1 aromatic heterocycles. The number of hydrogen-bond acceptors (Lipinski definition) is 4. The van der Waals surface area contributed by atoms with Gasteiger partial charge in [0.2, 0.25) is 10.0 Å². The lowest BCUT2D eigenvalue weighted by molar-refractivity contribution is 0.278. The molecule has 0 spiro atoms. The molecule has 2 rings (SSSR count). The van der Waals surface area contributed by atoms with Gasteiger partial charge in [-0.1, -0.05) is 6.07 Å². The van der Waals surface area contributed by atoms with E-state index in [0.717, 1.165) is 21.5 Å². The van der Waals surface area contributed by atoms with Crippen LogP contribution in [0.1, 0.15) is 10.4 Å². The standard InChI is InChI=1S/C12H11BrFNO3S2/c13-10-3-4-19-11(10)6-15-20(17,18)12-5-9(14)2-1-8(12)7-16/h1-5,15-16H,6-7H2. The van der Waals surface area contributed by atoms with Crippen molar-refractivity contribution in [2.75, 3.05) is 0 Å². The van der Waals surface area contributed by atoms with E-state index in [4.69, 9.17) is 5.11 Å². The Kier molecular flexibility index (Phi) is 4.92. The van der Waals surface area contributed by atoms with E-state index in [-0.39, 0.29) is 17.0 Å². The molecule has 2 N–H and O–H groups in total. The van der Waals surface area contributed by atoms with E-state index in [0.29, 0.717) is 0 Å². The molecule has 20 heavy (non-hydrogen) atoms. The lowest BCUT2D eigenvalue weighted by Crippen LogP contribution is -2.24. The van der Waals surface area contributed by atoms with Gasteiger partial charge < -0.3 is 5.11 Å². The van der Waals surface area contributed by atoms with Crippen LogP contribution in [-0.2, 0) is 23.2 Å². The Balaban J connectivity index is 2.26. The molecule has 0 saturated heterocycles. The first-order valence-electron chi connectivity index (χ1n) is 5.55. The van der Waals surface area contributed by atoms with Gasteiger partial charge in [0.05, 0.1) is 11.5 Å². The summed E-state index contributed by atoms with van der Waals surface area (Å²) in [5, 5.41) is 11.0. The Labute approximate surface area is 128 Å². The summed E-state index contributed by atoms with van der Waals surface area (Å²) in [4.78, 5) is 0.572. The van der Waals surface area contributed by atoms with Gasteiger partial charge in [-0.25, -0.2) is 17.5 Å². The fourth-order valence-corrected chi connectivity index (χ4v) is 4.36. The molecule has 0 aliphatic heterocycles. The Bertz CT molecular complexity index is 715. The number of benzene rings is 1. The van der Waals surface area contributed by atoms with Crippen molar-refractivity contribution < 1.29 is 17.9 Å². The van der Waals surface area contributed by atoms with Crippen molar-refractivity contribution in [3.63, 3.8) is 0 Å². The van der Waals surface area contributed by atoms with Crippen molar-refractivity contribution in [1.82, 2.24) is 4.72 Å². The average molecular weight is 380 g/mol. The number of halogens is 2. The number of sulfonamides is 1. The number of hydrogen-bond donors (Lipinski definition) is 2. The van der Waals surface area contributed by atoms with Crippen molar-refractivity contribution in [3.8, 4) is 0 Å². The molecule has 0 radical (unpaired) electrons. The zero-order chi connectivity index (χ0) is 14.8. The highest BCUT2D eigenvalue weighted by molar-refractivity contribution is 9.10. The molecule has 0 aliphatic carbocycles. The minimum atomic E-state index is -3.88. The summed E-state index contributed by atoms with van der Waals surface area (Å²) in [5.41, 5.74) is 0.157. The molecular formula is C12H11BrFNO3S2. The van der Waals surface area contributed by atoms with Crippen molar-refractivity contribution in [3.05, 3.63) is 50.4 Å². The van der Waals surface area contributed by atoms with Crippen LogP contribution < -0.4 is 4.72 Å². The summed E-state index contributed by atoms with van der Waals surface area (Å²) in [6.07, 6.45) is 0. The summed E-state index contributed by atoms with van der Waals surface area (Å²) in [6.45, 7) is -0.374. The molecule has 0 bridgehead atoms. The number of thiophene rings is 1. The minimum Gasteiger partial charge on any atom is -0.392 e. The molecule has 1 heterocycles. The molecule has 4 nitrogen and oxygen atoms in total. The number of aliphatic hydroxyl groups is 1. The van der Waals surface area contributed by atoms with E-state index in [1.807, 2.05) is 11.4 Å². The molecule has 0 unspecified atom stereocenters. The van der Waals surface area contributed by atoms with E-state index in [2.05, 4.69) is 20.7 Å². The number of aliphatic hydroxyl groups excluding tert-OH is 1. The number of nitrogens with one attached hydrogen (secondary N) is 1. The van der Waals surface area contributed by atoms with Gasteiger partial charge in [0, 0.05) is 15.9 Å². The Morgan fingerprint density at radius 1 is 1.35 bits per heavy atom. The Hall–Kier alpha value is -0.800. The summed E-state index contributed by atoms with van der Waals surface area (Å²) >= 11 is 4.71. The maximum absolute atomic E-state index is 13.2. The van der Waals surface area contributed by atoms with Crippen LogP contribution in [0, 0.1) is 5.82 Å². The fourth-order valence-electron chi connectivity index (χ4n) is 1.60. The second kappa shape index (κ2) is 6.31. The third kappa shape index (κ3) is 3.44. The summed E-state index contributed by atoms with van der Waals surface area (Å²) in [5.74, 6) is -0.667. The zero-order valence-corrected chi connectivity index (χ0v) is 13.4. The van der Waals surface area contributed by atoms with E-state index < -0.39 is 22.4 Å². The smallest absolute Gasteiger partial charge is 0.241 e. The third-order valence-electron chi connectivity index (χ3n) is 2.60. The van der Waals surface area contributed by atoms with Gasteiger partial charge in [0.1, 0.15) is 5.82 Å². The normalized spacial score (nSPS) is 11.8.